The number of benzene rings is 2. The molecule has 382 valence electrons. The maximum atomic E-state index is 15.3. The Balaban J connectivity index is 0.815. The van der Waals surface area contributed by atoms with Crippen molar-refractivity contribution in [2.45, 2.75) is 108 Å². The number of hydrogen-bond acceptors (Lipinski definition) is 14. The molecule has 4 N–H and O–H groups in total. The molecule has 4 aromatic rings. The summed E-state index contributed by atoms with van der Waals surface area (Å²) in [5.74, 6) is 2.00. The Hall–Kier alpha value is -4.88. The van der Waals surface area contributed by atoms with Gasteiger partial charge in [-0.05, 0) is 132 Å². The number of methoxy groups -OCH3 is 1. The van der Waals surface area contributed by atoms with Crippen LogP contribution in [0.2, 0.25) is 5.02 Å². The molecule has 2 aliphatic heterocycles. The predicted molar refractivity (Wildman–Crippen MR) is 281 cm³/mol. The summed E-state index contributed by atoms with van der Waals surface area (Å²) in [6, 6.07) is 10.7. The zero-order valence-electron chi connectivity index (χ0n) is 41.7. The van der Waals surface area contributed by atoms with Gasteiger partial charge in [0, 0.05) is 69.7 Å². The van der Waals surface area contributed by atoms with Crippen LogP contribution < -0.4 is 26.0 Å². The third-order valence-electron chi connectivity index (χ3n) is 14.9. The molecule has 4 heterocycles. The van der Waals surface area contributed by atoms with Crippen molar-refractivity contribution in [2.75, 3.05) is 76.4 Å². The number of aryl methyl sites for hydroxylation is 2. The molecule has 2 aliphatic carbocycles. The molecule has 2 aromatic carbocycles. The molecule has 0 bridgehead atoms. The molecule has 1 unspecified atom stereocenters. The Kier molecular flexibility index (Phi) is 16.6. The van der Waals surface area contributed by atoms with Crippen molar-refractivity contribution in [3.63, 3.8) is 0 Å². The van der Waals surface area contributed by atoms with Gasteiger partial charge < -0.3 is 40.6 Å². The summed E-state index contributed by atoms with van der Waals surface area (Å²) < 4.78 is 20.1. The van der Waals surface area contributed by atoms with Crippen molar-refractivity contribution in [2.24, 2.45) is 11.8 Å². The number of amides is 3. The van der Waals surface area contributed by atoms with Crippen LogP contribution in [0.1, 0.15) is 92.4 Å². The van der Waals surface area contributed by atoms with Crippen LogP contribution in [-0.4, -0.2) is 141 Å². The van der Waals surface area contributed by atoms with E-state index in [1.807, 2.05) is 31.2 Å². The summed E-state index contributed by atoms with van der Waals surface area (Å²) in [5, 5.41) is 12.9. The van der Waals surface area contributed by atoms with E-state index >= 15 is 4.39 Å². The Morgan fingerprint density at radius 2 is 1.76 bits per heavy atom. The lowest BCUT2D eigenvalue weighted by Crippen LogP contribution is -2.64. The van der Waals surface area contributed by atoms with Gasteiger partial charge in [-0.1, -0.05) is 29.8 Å². The van der Waals surface area contributed by atoms with Crippen LogP contribution in [0.15, 0.2) is 48.1 Å². The molecule has 15 nitrogen and oxygen atoms in total. The SMILES string of the molecule is CNc1nc(Nc2ccc(C(=O)N3CCN(CC4CCC(CSC(C)(C)[C@H](NC(=O)C5(F)CC5)C(=O)N5CCCC5(C=O)CNCc5ccc(-c6scnc6C)cc5C)CC4)CC3)cc2OC)ncc1Cl. The number of hydrogen-bond donors (Lipinski definition) is 4. The quantitative estimate of drug-likeness (QED) is 0.0627. The van der Waals surface area contributed by atoms with Gasteiger partial charge in [0.25, 0.3) is 11.8 Å². The molecular weight excluding hydrogens is 963 g/mol. The third-order valence-corrected chi connectivity index (χ3v) is 17.8. The van der Waals surface area contributed by atoms with Crippen LogP contribution in [0.25, 0.3) is 10.4 Å². The number of thiazole rings is 1. The molecule has 2 saturated carbocycles. The van der Waals surface area contributed by atoms with Crippen LogP contribution in [0, 0.1) is 25.7 Å². The maximum Gasteiger partial charge on any atom is 0.258 e. The largest absolute Gasteiger partial charge is 0.495 e. The lowest BCUT2D eigenvalue weighted by Gasteiger charge is -2.42. The molecule has 2 aromatic heterocycles. The van der Waals surface area contributed by atoms with Crippen molar-refractivity contribution < 1.29 is 28.3 Å². The standard InChI is InChI=1S/C52H68ClFN10O5S2/c1-33-24-37(43-34(2)58-32-70-43)12-13-39(33)26-56-30-51(31-65)16-7-19-64(51)47(67)44(60-48(68)52(54)17-18-52)50(3,4)71-29-36-10-8-35(9-11-36)28-62-20-22-63(23-21-62)46(66)38-14-15-41(42(25-38)69-6)59-49-57-27-40(53)45(55-5)61-49/h12-15,24-25,27,31-32,35-36,44,56H,7-11,16-23,26,28-30H2,1-6H3,(H,60,68)(H2,55,57,59,61)/t35?,36?,44-,51?/m1/s1. The first-order valence-electron chi connectivity index (χ1n) is 24.8. The summed E-state index contributed by atoms with van der Waals surface area (Å²) >= 11 is 9.42. The van der Waals surface area contributed by atoms with Crippen molar-refractivity contribution in [1.29, 1.82) is 0 Å². The smallest absolute Gasteiger partial charge is 0.258 e. The monoisotopic (exact) mass is 1030 g/mol. The topological polar surface area (TPSA) is 174 Å². The van der Waals surface area contributed by atoms with E-state index in [2.05, 4.69) is 66.2 Å². The van der Waals surface area contributed by atoms with Crippen LogP contribution in [0.3, 0.4) is 0 Å². The van der Waals surface area contributed by atoms with E-state index in [4.69, 9.17) is 16.3 Å². The molecule has 19 heteroatoms. The van der Waals surface area contributed by atoms with Crippen LogP contribution in [0.5, 0.6) is 5.75 Å². The minimum absolute atomic E-state index is 0.0392. The number of aromatic nitrogens is 3. The van der Waals surface area contributed by atoms with E-state index in [9.17, 15) is 19.2 Å². The number of alkyl halides is 1. The predicted octanol–water partition coefficient (Wildman–Crippen LogP) is 8.08. The second-order valence-corrected chi connectivity index (χ2v) is 23.2. The average molecular weight is 1030 g/mol. The number of piperazine rings is 1. The van der Waals surface area contributed by atoms with Gasteiger partial charge in [-0.25, -0.2) is 14.4 Å². The summed E-state index contributed by atoms with van der Waals surface area (Å²) in [6.07, 6.45) is 8.12. The molecule has 3 amide bonds. The van der Waals surface area contributed by atoms with E-state index in [0.29, 0.717) is 84.6 Å². The highest BCUT2D eigenvalue weighted by Gasteiger charge is 2.55. The van der Waals surface area contributed by atoms with E-state index in [-0.39, 0.29) is 31.2 Å². The minimum atomic E-state index is -1.95. The van der Waals surface area contributed by atoms with E-state index in [1.165, 1.54) is 6.20 Å². The van der Waals surface area contributed by atoms with E-state index < -0.39 is 27.9 Å². The van der Waals surface area contributed by atoms with Crippen molar-refractivity contribution in [1.82, 2.24) is 40.3 Å². The first-order chi connectivity index (χ1) is 34.0. The fraction of sp³-hybridized carbons (Fsp3) is 0.558. The normalized spacial score (nSPS) is 21.6. The molecule has 2 atom stereocenters. The van der Waals surface area contributed by atoms with Crippen LogP contribution in [0.4, 0.5) is 21.8 Å². The van der Waals surface area contributed by atoms with Gasteiger partial charge in [0.1, 0.15) is 34.5 Å². The van der Waals surface area contributed by atoms with Gasteiger partial charge in [0.2, 0.25) is 11.9 Å². The number of nitrogens with zero attached hydrogens (tertiary/aromatic N) is 6. The zero-order valence-corrected chi connectivity index (χ0v) is 44.1. The van der Waals surface area contributed by atoms with Gasteiger partial charge in [0.05, 0.1) is 35.1 Å². The number of halogens is 2. The zero-order chi connectivity index (χ0) is 50.5. The van der Waals surface area contributed by atoms with Gasteiger partial charge in [0.15, 0.2) is 5.67 Å². The lowest BCUT2D eigenvalue weighted by atomic mass is 9.82. The Morgan fingerprint density at radius 3 is 2.42 bits per heavy atom. The molecule has 0 radical (unpaired) electrons. The third kappa shape index (κ3) is 12.2. The Labute approximate surface area is 430 Å². The van der Waals surface area contributed by atoms with Crippen LogP contribution in [-0.2, 0) is 20.9 Å². The highest BCUT2D eigenvalue weighted by atomic mass is 35.5. The van der Waals surface area contributed by atoms with Crippen LogP contribution >= 0.6 is 34.7 Å². The Bertz CT molecular complexity index is 2560. The van der Waals surface area contributed by atoms with E-state index in [0.717, 1.165) is 84.6 Å². The van der Waals surface area contributed by atoms with Crippen molar-refractivity contribution >= 4 is 76.2 Å². The summed E-state index contributed by atoms with van der Waals surface area (Å²) in [7, 11) is 3.29. The number of carbonyl (C=O) groups excluding carboxylic acids is 4. The summed E-state index contributed by atoms with van der Waals surface area (Å²) in [6.45, 7) is 13.0. The molecule has 2 saturated heterocycles. The number of thioether (sulfide) groups is 1. The van der Waals surface area contributed by atoms with Crippen molar-refractivity contribution in [3.8, 4) is 16.2 Å². The van der Waals surface area contributed by atoms with Crippen molar-refractivity contribution in [3.05, 3.63) is 75.5 Å². The fourth-order valence-electron chi connectivity index (χ4n) is 10.2. The number of nitrogens with one attached hydrogen (secondary N) is 4. The number of rotatable bonds is 20. The summed E-state index contributed by atoms with van der Waals surface area (Å²) in [5.41, 5.74) is 4.32. The van der Waals surface area contributed by atoms with Gasteiger partial charge in [-0.15, -0.1) is 11.3 Å². The molecular formula is C52H68ClFN10O5S2. The first kappa shape index (κ1) is 52.4. The number of carbonyl (C=O) groups is 4. The highest BCUT2D eigenvalue weighted by Crippen LogP contribution is 2.43. The fourth-order valence-corrected chi connectivity index (χ4v) is 12.5. The van der Waals surface area contributed by atoms with Gasteiger partial charge in [-0.2, -0.15) is 16.7 Å². The van der Waals surface area contributed by atoms with Gasteiger partial charge in [-0.3, -0.25) is 19.3 Å². The number of ether oxygens (including phenoxy) is 1. The maximum absolute atomic E-state index is 15.3. The minimum Gasteiger partial charge on any atom is -0.495 e. The second-order valence-electron chi connectivity index (χ2n) is 20.3. The Morgan fingerprint density at radius 1 is 1.01 bits per heavy atom. The summed E-state index contributed by atoms with van der Waals surface area (Å²) in [4.78, 5) is 75.1. The van der Waals surface area contributed by atoms with Gasteiger partial charge >= 0.3 is 0 Å². The number of aldehydes is 1. The highest BCUT2D eigenvalue weighted by molar-refractivity contribution is 8.00. The number of likely N-dealkylation sites (tertiary alicyclic amines) is 1. The first-order valence-corrected chi connectivity index (χ1v) is 27.1. The second kappa shape index (κ2) is 22.5. The lowest BCUT2D eigenvalue weighted by molar-refractivity contribution is -0.144. The molecule has 71 heavy (non-hydrogen) atoms. The molecule has 4 aliphatic rings. The average Bonchev–Trinajstić information content (AvgIpc) is 3.76. The van der Waals surface area contributed by atoms with E-state index in [1.54, 1.807) is 60.4 Å². The molecule has 8 rings (SSSR count). The molecule has 4 fully saturated rings. The molecule has 0 spiro atoms. The number of anilines is 3.